The molecule has 5 nitrogen and oxygen atoms in total. The molecule has 1 aliphatic heterocycles. The fourth-order valence-electron chi connectivity index (χ4n) is 2.21. The minimum Gasteiger partial charge on any atom is -0.459 e. The van der Waals surface area contributed by atoms with Crippen LogP contribution in [0.5, 0.6) is 0 Å². The molecule has 0 spiro atoms. The molecule has 1 atom stereocenters. The lowest BCUT2D eigenvalue weighted by atomic mass is 10.2. The number of aromatic nitrogens is 1. The smallest absolute Gasteiger partial charge is 0.323 e. The number of ether oxygens (including phenoxy) is 1. The van der Waals surface area contributed by atoms with Gasteiger partial charge in [0.1, 0.15) is 11.6 Å². The molecule has 2 rings (SSSR count). The highest BCUT2D eigenvalue weighted by Crippen LogP contribution is 2.20. The normalized spacial score (nSPS) is 18.9. The lowest BCUT2D eigenvalue weighted by molar-refractivity contribution is -0.160. The Labute approximate surface area is 124 Å². The molecule has 2 heterocycles. The molecule has 1 unspecified atom stereocenters. The van der Waals surface area contributed by atoms with Gasteiger partial charge in [-0.15, -0.1) is 11.3 Å². The summed E-state index contributed by atoms with van der Waals surface area (Å²) >= 11 is 1.66. The quantitative estimate of drug-likeness (QED) is 0.799. The van der Waals surface area contributed by atoms with Gasteiger partial charge < -0.3 is 9.64 Å². The molecule has 1 fully saturated rings. The predicted octanol–water partition coefficient (Wildman–Crippen LogP) is 2.00. The first kappa shape index (κ1) is 15.3. The zero-order valence-corrected chi connectivity index (χ0v) is 13.4. The van der Waals surface area contributed by atoms with E-state index in [9.17, 15) is 4.79 Å². The van der Waals surface area contributed by atoms with E-state index in [0.717, 1.165) is 31.3 Å². The molecule has 0 N–H and O–H groups in total. The number of rotatable bonds is 3. The van der Waals surface area contributed by atoms with E-state index in [2.05, 4.69) is 14.8 Å². The lowest BCUT2D eigenvalue weighted by Gasteiger charge is -2.37. The van der Waals surface area contributed by atoms with Gasteiger partial charge in [-0.25, -0.2) is 4.98 Å². The fraction of sp³-hybridized carbons (Fsp3) is 0.714. The van der Waals surface area contributed by atoms with E-state index < -0.39 is 5.60 Å². The Bertz CT molecular complexity index is 434. The van der Waals surface area contributed by atoms with Gasteiger partial charge in [0.2, 0.25) is 0 Å². The molecule has 0 saturated carbocycles. The first-order valence-electron chi connectivity index (χ1n) is 6.98. The highest BCUT2D eigenvalue weighted by Gasteiger charge is 2.29. The zero-order valence-electron chi connectivity index (χ0n) is 12.6. The van der Waals surface area contributed by atoms with E-state index in [1.54, 1.807) is 11.3 Å². The van der Waals surface area contributed by atoms with Gasteiger partial charge in [0.25, 0.3) is 0 Å². The summed E-state index contributed by atoms with van der Waals surface area (Å²) in [6.07, 6.45) is 1.83. The van der Waals surface area contributed by atoms with Crippen molar-refractivity contribution in [3.8, 4) is 0 Å². The molecule has 0 aromatic carbocycles. The number of thiazole rings is 1. The lowest BCUT2D eigenvalue weighted by Crippen LogP contribution is -2.52. The number of esters is 1. The van der Waals surface area contributed by atoms with Crippen LogP contribution in [0.4, 0.5) is 5.13 Å². The Morgan fingerprint density at radius 1 is 1.35 bits per heavy atom. The molecular formula is C14H23N3O2S. The average molecular weight is 297 g/mol. The second-order valence-corrected chi connectivity index (χ2v) is 6.92. The molecule has 0 aliphatic carbocycles. The highest BCUT2D eigenvalue weighted by molar-refractivity contribution is 7.13. The topological polar surface area (TPSA) is 45.7 Å². The van der Waals surface area contributed by atoms with E-state index in [1.807, 2.05) is 39.3 Å². The minimum absolute atomic E-state index is 0.139. The molecule has 1 aliphatic rings. The average Bonchev–Trinajstić information content (AvgIpc) is 2.90. The Kier molecular flexibility index (Phi) is 4.65. The van der Waals surface area contributed by atoms with Gasteiger partial charge in [0.05, 0.1) is 0 Å². The summed E-state index contributed by atoms with van der Waals surface area (Å²) in [5, 5.41) is 3.06. The van der Waals surface area contributed by atoms with Crippen molar-refractivity contribution in [3.05, 3.63) is 11.6 Å². The second kappa shape index (κ2) is 6.10. The minimum atomic E-state index is -0.423. The Morgan fingerprint density at radius 3 is 2.50 bits per heavy atom. The number of hydrogen-bond donors (Lipinski definition) is 0. The molecule has 0 bridgehead atoms. The number of carbonyl (C=O) groups is 1. The summed E-state index contributed by atoms with van der Waals surface area (Å²) in [7, 11) is 0. The van der Waals surface area contributed by atoms with Crippen LogP contribution in [0.1, 0.15) is 27.7 Å². The maximum Gasteiger partial charge on any atom is 0.323 e. The molecule has 0 amide bonds. The largest absolute Gasteiger partial charge is 0.459 e. The first-order chi connectivity index (χ1) is 9.37. The van der Waals surface area contributed by atoms with Crippen LogP contribution >= 0.6 is 11.3 Å². The SMILES string of the molecule is CC(C(=O)OC(C)(C)C)N1CCN(c2nccs2)CC1. The van der Waals surface area contributed by atoms with Crippen molar-refractivity contribution >= 4 is 22.4 Å². The Balaban J connectivity index is 1.85. The van der Waals surface area contributed by atoms with Gasteiger partial charge in [-0.05, 0) is 27.7 Å². The third kappa shape index (κ3) is 3.93. The van der Waals surface area contributed by atoms with Crippen molar-refractivity contribution < 1.29 is 9.53 Å². The van der Waals surface area contributed by atoms with Crippen molar-refractivity contribution in [2.24, 2.45) is 0 Å². The van der Waals surface area contributed by atoms with E-state index in [0.29, 0.717) is 0 Å². The number of piperazine rings is 1. The predicted molar refractivity (Wildman–Crippen MR) is 81.2 cm³/mol. The molecule has 1 aromatic rings. The Hall–Kier alpha value is -1.14. The fourth-order valence-corrected chi connectivity index (χ4v) is 2.91. The summed E-state index contributed by atoms with van der Waals surface area (Å²) < 4.78 is 5.45. The maximum absolute atomic E-state index is 12.1. The standard InChI is InChI=1S/C14H23N3O2S/c1-11(12(18)19-14(2,3)4)16-6-8-17(9-7-16)13-15-5-10-20-13/h5,10-11H,6-9H2,1-4H3. The number of anilines is 1. The van der Waals surface area contributed by atoms with E-state index in [4.69, 9.17) is 4.74 Å². The molecule has 0 radical (unpaired) electrons. The molecule has 6 heteroatoms. The van der Waals surface area contributed by atoms with Crippen LogP contribution in [0.15, 0.2) is 11.6 Å². The van der Waals surface area contributed by atoms with Crippen LogP contribution in [-0.4, -0.2) is 53.7 Å². The van der Waals surface area contributed by atoms with Gasteiger partial charge in [0.15, 0.2) is 5.13 Å². The molecule has 1 aromatic heterocycles. The van der Waals surface area contributed by atoms with E-state index >= 15 is 0 Å². The summed E-state index contributed by atoms with van der Waals surface area (Å²) in [5.74, 6) is -0.139. The maximum atomic E-state index is 12.1. The summed E-state index contributed by atoms with van der Waals surface area (Å²) in [6.45, 7) is 11.2. The van der Waals surface area contributed by atoms with Crippen LogP contribution in [0.25, 0.3) is 0 Å². The van der Waals surface area contributed by atoms with Crippen LogP contribution in [-0.2, 0) is 9.53 Å². The molecular weight excluding hydrogens is 274 g/mol. The molecule has 112 valence electrons. The van der Waals surface area contributed by atoms with Crippen LogP contribution < -0.4 is 4.90 Å². The number of carbonyl (C=O) groups excluding carboxylic acids is 1. The summed E-state index contributed by atoms with van der Waals surface area (Å²) in [4.78, 5) is 20.9. The Morgan fingerprint density at radius 2 is 2.00 bits per heavy atom. The first-order valence-corrected chi connectivity index (χ1v) is 7.86. The summed E-state index contributed by atoms with van der Waals surface area (Å²) in [6, 6.07) is -0.187. The monoisotopic (exact) mass is 297 g/mol. The number of hydrogen-bond acceptors (Lipinski definition) is 6. The van der Waals surface area contributed by atoms with E-state index in [1.165, 1.54) is 0 Å². The van der Waals surface area contributed by atoms with Gasteiger partial charge in [-0.1, -0.05) is 0 Å². The second-order valence-electron chi connectivity index (χ2n) is 6.05. The van der Waals surface area contributed by atoms with Gasteiger partial charge in [0, 0.05) is 37.8 Å². The third-order valence-electron chi connectivity index (χ3n) is 3.30. The third-order valence-corrected chi connectivity index (χ3v) is 4.13. The zero-order chi connectivity index (χ0) is 14.8. The van der Waals surface area contributed by atoms with Crippen LogP contribution in [0, 0.1) is 0 Å². The van der Waals surface area contributed by atoms with Crippen molar-refractivity contribution in [2.75, 3.05) is 31.1 Å². The van der Waals surface area contributed by atoms with Crippen molar-refractivity contribution in [3.63, 3.8) is 0 Å². The van der Waals surface area contributed by atoms with Crippen LogP contribution in [0.3, 0.4) is 0 Å². The number of nitrogens with zero attached hydrogens (tertiary/aromatic N) is 3. The van der Waals surface area contributed by atoms with Crippen molar-refractivity contribution in [1.82, 2.24) is 9.88 Å². The van der Waals surface area contributed by atoms with Crippen molar-refractivity contribution in [1.29, 1.82) is 0 Å². The van der Waals surface area contributed by atoms with E-state index in [-0.39, 0.29) is 12.0 Å². The van der Waals surface area contributed by atoms with Gasteiger partial charge in [-0.2, -0.15) is 0 Å². The van der Waals surface area contributed by atoms with Crippen molar-refractivity contribution in [2.45, 2.75) is 39.3 Å². The summed E-state index contributed by atoms with van der Waals surface area (Å²) in [5.41, 5.74) is -0.423. The van der Waals surface area contributed by atoms with Gasteiger partial charge >= 0.3 is 5.97 Å². The van der Waals surface area contributed by atoms with Gasteiger partial charge in [-0.3, -0.25) is 9.69 Å². The molecule has 1 saturated heterocycles. The molecule has 20 heavy (non-hydrogen) atoms. The highest BCUT2D eigenvalue weighted by atomic mass is 32.1. The van der Waals surface area contributed by atoms with Crippen LogP contribution in [0.2, 0.25) is 0 Å².